The Balaban J connectivity index is 1.91. The van der Waals surface area contributed by atoms with E-state index in [1.54, 1.807) is 0 Å². The summed E-state index contributed by atoms with van der Waals surface area (Å²) >= 11 is 0. The van der Waals surface area contributed by atoms with Crippen molar-refractivity contribution in [3.8, 4) is 0 Å². The Morgan fingerprint density at radius 1 is 1.42 bits per heavy atom. The normalized spacial score (nSPS) is 42.1. The van der Waals surface area contributed by atoms with E-state index in [1.807, 2.05) is 13.8 Å². The second-order valence-electron chi connectivity index (χ2n) is 8.19. The van der Waals surface area contributed by atoms with Crippen molar-refractivity contribution in [2.75, 3.05) is 6.61 Å². The highest BCUT2D eigenvalue weighted by Crippen LogP contribution is 2.54. The molecule has 3 fully saturated rings. The van der Waals surface area contributed by atoms with Crippen molar-refractivity contribution in [3.63, 3.8) is 0 Å². The van der Waals surface area contributed by atoms with Crippen molar-refractivity contribution < 1.29 is 23.8 Å². The molecule has 3 aliphatic rings. The Morgan fingerprint density at radius 3 is 2.79 bits per heavy atom. The minimum atomic E-state index is -0.573. The summed E-state index contributed by atoms with van der Waals surface area (Å²) in [6.07, 6.45) is 1.79. The average molecular weight is 336 g/mol. The summed E-state index contributed by atoms with van der Waals surface area (Å²) in [5.41, 5.74) is 0.215. The van der Waals surface area contributed by atoms with Crippen LogP contribution in [0.5, 0.6) is 0 Å². The van der Waals surface area contributed by atoms with Crippen LogP contribution in [-0.4, -0.2) is 30.9 Å². The highest BCUT2D eigenvalue weighted by molar-refractivity contribution is 5.90. The molecule has 134 valence electrons. The molecule has 0 aromatic rings. The molecule has 24 heavy (non-hydrogen) atoms. The molecule has 2 saturated heterocycles. The summed E-state index contributed by atoms with van der Waals surface area (Å²) in [6, 6.07) is 0. The first kappa shape index (κ1) is 17.5. The lowest BCUT2D eigenvalue weighted by molar-refractivity contribution is -0.248. The van der Waals surface area contributed by atoms with E-state index in [9.17, 15) is 9.59 Å². The topological polar surface area (TPSA) is 61.8 Å². The second kappa shape index (κ2) is 6.17. The zero-order chi connectivity index (χ0) is 17.6. The third-order valence-corrected chi connectivity index (χ3v) is 6.15. The van der Waals surface area contributed by atoms with Gasteiger partial charge in [-0.3, -0.25) is 4.79 Å². The van der Waals surface area contributed by atoms with Crippen LogP contribution in [0.2, 0.25) is 0 Å². The second-order valence-corrected chi connectivity index (χ2v) is 8.19. The molecule has 0 radical (unpaired) electrons. The van der Waals surface area contributed by atoms with Crippen molar-refractivity contribution in [2.24, 2.45) is 29.1 Å². The number of hydrogen-bond donors (Lipinski definition) is 0. The van der Waals surface area contributed by atoms with Gasteiger partial charge in [0.25, 0.3) is 0 Å². The van der Waals surface area contributed by atoms with Gasteiger partial charge in [0.2, 0.25) is 6.29 Å². The van der Waals surface area contributed by atoms with Crippen LogP contribution in [0.15, 0.2) is 12.2 Å². The van der Waals surface area contributed by atoms with Gasteiger partial charge in [-0.15, -0.1) is 0 Å². The van der Waals surface area contributed by atoms with Gasteiger partial charge < -0.3 is 14.2 Å². The molecule has 3 rings (SSSR count). The highest BCUT2D eigenvalue weighted by atomic mass is 16.7. The largest absolute Gasteiger partial charge is 0.458 e. The molecular weight excluding hydrogens is 308 g/mol. The van der Waals surface area contributed by atoms with Gasteiger partial charge in [-0.25, -0.2) is 4.79 Å². The number of hydrogen-bond acceptors (Lipinski definition) is 5. The molecule has 5 nitrogen and oxygen atoms in total. The van der Waals surface area contributed by atoms with Gasteiger partial charge in [0.1, 0.15) is 6.10 Å². The maximum atomic E-state index is 12.1. The lowest BCUT2D eigenvalue weighted by Gasteiger charge is -2.48. The summed E-state index contributed by atoms with van der Waals surface area (Å²) in [4.78, 5) is 24.1. The molecule has 0 N–H and O–H groups in total. The zero-order valence-electron chi connectivity index (χ0n) is 15.0. The van der Waals surface area contributed by atoms with Crippen LogP contribution in [0.4, 0.5) is 0 Å². The summed E-state index contributed by atoms with van der Waals surface area (Å²) in [7, 11) is 0. The summed E-state index contributed by atoms with van der Waals surface area (Å²) < 4.78 is 17.2. The van der Waals surface area contributed by atoms with Gasteiger partial charge in [-0.2, -0.15) is 0 Å². The van der Waals surface area contributed by atoms with E-state index in [0.29, 0.717) is 30.4 Å². The van der Waals surface area contributed by atoms with Crippen LogP contribution in [0.3, 0.4) is 0 Å². The van der Waals surface area contributed by atoms with Crippen LogP contribution in [0.25, 0.3) is 0 Å². The molecule has 0 spiro atoms. The molecule has 2 aliphatic heterocycles. The molecule has 6 atom stereocenters. The van der Waals surface area contributed by atoms with Crippen molar-refractivity contribution in [1.29, 1.82) is 0 Å². The summed E-state index contributed by atoms with van der Waals surface area (Å²) in [5.74, 6) is -0.00226. The third-order valence-electron chi connectivity index (χ3n) is 6.15. The van der Waals surface area contributed by atoms with Crippen molar-refractivity contribution in [1.82, 2.24) is 0 Å². The van der Waals surface area contributed by atoms with Crippen molar-refractivity contribution >= 4 is 11.9 Å². The van der Waals surface area contributed by atoms with Crippen molar-refractivity contribution in [3.05, 3.63) is 12.2 Å². The fourth-order valence-corrected chi connectivity index (χ4v) is 4.73. The molecule has 5 heteroatoms. The quantitative estimate of drug-likeness (QED) is 0.573. The van der Waals surface area contributed by atoms with Gasteiger partial charge in [0.05, 0.1) is 12.5 Å². The molecule has 0 aromatic carbocycles. The van der Waals surface area contributed by atoms with Gasteiger partial charge in [-0.1, -0.05) is 34.3 Å². The highest BCUT2D eigenvalue weighted by Gasteiger charge is 2.56. The lowest BCUT2D eigenvalue weighted by atomic mass is 9.65. The van der Waals surface area contributed by atoms with Gasteiger partial charge >= 0.3 is 11.9 Å². The Labute approximate surface area is 143 Å². The van der Waals surface area contributed by atoms with Crippen molar-refractivity contribution in [2.45, 2.75) is 59.4 Å². The van der Waals surface area contributed by atoms with Crippen LogP contribution in [-0.2, 0) is 23.8 Å². The molecule has 0 amide bonds. The number of carbonyl (C=O) groups excluding carboxylic acids is 2. The Hall–Kier alpha value is -1.36. The first-order valence-electron chi connectivity index (χ1n) is 8.96. The maximum Gasteiger partial charge on any atom is 0.334 e. The standard InChI is InChI=1S/C19H28O5/c1-10(2)16(20)24-18-19(5)9-13-12(4)17(21)23-15(13)8-11(3)14(19)6-7-22-18/h10-11,13-15,18H,4,6-9H2,1-3,5H3. The van der Waals surface area contributed by atoms with E-state index in [4.69, 9.17) is 14.2 Å². The molecule has 0 aromatic heterocycles. The number of esters is 2. The molecular formula is C19H28O5. The number of rotatable bonds is 2. The van der Waals surface area contributed by atoms with Crippen LogP contribution < -0.4 is 0 Å². The van der Waals surface area contributed by atoms with Gasteiger partial charge in [0, 0.05) is 16.9 Å². The first-order valence-corrected chi connectivity index (χ1v) is 8.96. The van der Waals surface area contributed by atoms with E-state index >= 15 is 0 Å². The minimum absolute atomic E-state index is 0.0168. The number of ether oxygens (including phenoxy) is 3. The summed E-state index contributed by atoms with van der Waals surface area (Å²) in [6.45, 7) is 12.5. The van der Waals surface area contributed by atoms with Crippen LogP contribution in [0.1, 0.15) is 47.0 Å². The smallest absolute Gasteiger partial charge is 0.334 e. The van der Waals surface area contributed by atoms with E-state index in [1.165, 1.54) is 0 Å². The molecule has 0 bridgehead atoms. The Kier molecular flexibility index (Phi) is 4.49. The molecule has 1 aliphatic carbocycles. The molecule has 1 saturated carbocycles. The van der Waals surface area contributed by atoms with E-state index < -0.39 is 6.29 Å². The van der Waals surface area contributed by atoms with Gasteiger partial charge in [0.15, 0.2) is 0 Å². The monoisotopic (exact) mass is 336 g/mol. The van der Waals surface area contributed by atoms with E-state index in [2.05, 4.69) is 20.4 Å². The molecule has 2 heterocycles. The maximum absolute atomic E-state index is 12.1. The average Bonchev–Trinajstić information content (AvgIpc) is 2.70. The Bertz CT molecular complexity index is 554. The molecule has 6 unspecified atom stereocenters. The van der Waals surface area contributed by atoms with E-state index in [0.717, 1.165) is 12.8 Å². The number of fused-ring (bicyclic) bond motifs is 2. The predicted molar refractivity (Wildman–Crippen MR) is 87.8 cm³/mol. The zero-order valence-corrected chi connectivity index (χ0v) is 15.0. The lowest BCUT2D eigenvalue weighted by Crippen LogP contribution is -2.50. The van der Waals surface area contributed by atoms with E-state index in [-0.39, 0.29) is 35.3 Å². The first-order chi connectivity index (χ1) is 11.2. The number of carbonyl (C=O) groups is 2. The fourth-order valence-electron chi connectivity index (χ4n) is 4.73. The van der Waals surface area contributed by atoms with Crippen LogP contribution in [0, 0.1) is 29.1 Å². The minimum Gasteiger partial charge on any atom is -0.458 e. The SMILES string of the molecule is C=C1C(=O)OC2CC(C)C3CCOC(OC(=O)C(C)C)C3(C)CC12. The summed E-state index contributed by atoms with van der Waals surface area (Å²) in [5, 5.41) is 0. The fraction of sp³-hybridized carbons (Fsp3) is 0.789. The van der Waals surface area contributed by atoms with Gasteiger partial charge in [-0.05, 0) is 31.1 Å². The predicted octanol–water partition coefficient (Wildman–Crippen LogP) is 3.08. The van der Waals surface area contributed by atoms with Crippen LogP contribution >= 0.6 is 0 Å². The third kappa shape index (κ3) is 2.77. The Morgan fingerprint density at radius 2 is 2.12 bits per heavy atom.